The second-order valence-electron chi connectivity index (χ2n) is 8.33. The molecule has 0 N–H and O–H groups in total. The van der Waals surface area contributed by atoms with Crippen LogP contribution in [0.5, 0.6) is 5.75 Å². The normalized spacial score (nSPS) is 15.3. The Hall–Kier alpha value is -3.19. The Morgan fingerprint density at radius 3 is 2.09 bits per heavy atom. The van der Waals surface area contributed by atoms with Crippen LogP contribution in [0.3, 0.4) is 0 Å². The molecule has 0 radical (unpaired) electrons. The molecule has 2 amide bonds. The van der Waals surface area contributed by atoms with Gasteiger partial charge in [-0.2, -0.15) is 0 Å². The van der Waals surface area contributed by atoms with Gasteiger partial charge in [-0.05, 0) is 72.2 Å². The first-order valence-electron chi connectivity index (χ1n) is 10.9. The number of rotatable bonds is 6. The Labute approximate surface area is 219 Å². The molecular formula is C27H22Cl2N2O3S. The van der Waals surface area contributed by atoms with E-state index in [9.17, 15) is 9.59 Å². The average Bonchev–Trinajstić information content (AvgIpc) is 2.84. The average molecular weight is 525 g/mol. The highest BCUT2D eigenvalue weighted by atomic mass is 35.5. The summed E-state index contributed by atoms with van der Waals surface area (Å²) in [6.45, 7) is 4.74. The minimum Gasteiger partial charge on any atom is -0.493 e. The highest BCUT2D eigenvalue weighted by Gasteiger charge is 2.41. The van der Waals surface area contributed by atoms with Crippen molar-refractivity contribution in [3.63, 3.8) is 0 Å². The van der Waals surface area contributed by atoms with Crippen LogP contribution in [-0.2, 0) is 9.59 Å². The second-order valence-corrected chi connectivity index (χ2v) is 9.51. The third kappa shape index (κ3) is 5.40. The molecule has 3 aromatic rings. The summed E-state index contributed by atoms with van der Waals surface area (Å²) in [7, 11) is 0. The Balaban J connectivity index is 1.76. The van der Waals surface area contributed by atoms with Crippen LogP contribution in [0.4, 0.5) is 11.4 Å². The van der Waals surface area contributed by atoms with Gasteiger partial charge in [-0.25, -0.2) is 0 Å². The van der Waals surface area contributed by atoms with Crippen LogP contribution in [0.25, 0.3) is 6.08 Å². The molecule has 8 heteroatoms. The van der Waals surface area contributed by atoms with Gasteiger partial charge in [0.2, 0.25) is 0 Å². The van der Waals surface area contributed by atoms with Crippen molar-refractivity contribution in [3.05, 3.63) is 94.0 Å². The van der Waals surface area contributed by atoms with Gasteiger partial charge in [0.25, 0.3) is 11.8 Å². The Morgan fingerprint density at radius 2 is 1.49 bits per heavy atom. The van der Waals surface area contributed by atoms with Crippen LogP contribution in [0.1, 0.15) is 19.4 Å². The molecule has 4 rings (SSSR count). The summed E-state index contributed by atoms with van der Waals surface area (Å²) in [5.74, 6) is 0.0504. The predicted molar refractivity (Wildman–Crippen MR) is 145 cm³/mol. The van der Waals surface area contributed by atoms with Gasteiger partial charge in [0, 0.05) is 0 Å². The van der Waals surface area contributed by atoms with Crippen molar-refractivity contribution >= 4 is 69.8 Å². The number of thiocarbonyl (C=S) groups is 1. The zero-order valence-corrected chi connectivity index (χ0v) is 21.4. The van der Waals surface area contributed by atoms with Crippen LogP contribution in [0.2, 0.25) is 10.0 Å². The summed E-state index contributed by atoms with van der Waals surface area (Å²) >= 11 is 17.9. The van der Waals surface area contributed by atoms with E-state index in [0.29, 0.717) is 40.2 Å². The van der Waals surface area contributed by atoms with Gasteiger partial charge < -0.3 is 4.74 Å². The molecule has 1 heterocycles. The van der Waals surface area contributed by atoms with Crippen LogP contribution in [-0.4, -0.2) is 23.5 Å². The van der Waals surface area contributed by atoms with E-state index in [2.05, 4.69) is 13.8 Å². The SMILES string of the molecule is CC(C)COc1ccc(/C=C2/C(=O)N(c3ccccc3)C(=S)N(c3ccc(Cl)c(Cl)c3)C2=O)cc1. The number of carbonyl (C=O) groups excluding carboxylic acids is 2. The van der Waals surface area contributed by atoms with E-state index < -0.39 is 11.8 Å². The molecule has 0 saturated carbocycles. The van der Waals surface area contributed by atoms with Crippen molar-refractivity contribution < 1.29 is 14.3 Å². The van der Waals surface area contributed by atoms with Crippen LogP contribution >= 0.6 is 35.4 Å². The van der Waals surface area contributed by atoms with Gasteiger partial charge in [-0.3, -0.25) is 19.4 Å². The fourth-order valence-corrected chi connectivity index (χ4v) is 4.14. The van der Waals surface area contributed by atoms with Crippen LogP contribution in [0.15, 0.2) is 78.4 Å². The molecule has 0 aliphatic carbocycles. The van der Waals surface area contributed by atoms with Crippen molar-refractivity contribution in [2.75, 3.05) is 16.4 Å². The van der Waals surface area contributed by atoms with Crippen LogP contribution < -0.4 is 14.5 Å². The number of benzene rings is 3. The molecule has 0 spiro atoms. The minimum absolute atomic E-state index is 0.0270. The third-order valence-electron chi connectivity index (χ3n) is 5.20. The Kier molecular flexibility index (Phi) is 7.55. The lowest BCUT2D eigenvalue weighted by atomic mass is 10.0. The summed E-state index contributed by atoms with van der Waals surface area (Å²) < 4.78 is 5.73. The Morgan fingerprint density at radius 1 is 0.857 bits per heavy atom. The summed E-state index contributed by atoms with van der Waals surface area (Å²) in [4.78, 5) is 29.8. The number of halogens is 2. The number of anilines is 2. The number of para-hydroxylation sites is 1. The number of hydrogen-bond acceptors (Lipinski definition) is 4. The molecule has 1 saturated heterocycles. The van der Waals surface area contributed by atoms with Gasteiger partial charge in [0.15, 0.2) is 5.11 Å². The standard InChI is InChI=1S/C27H22Cl2N2O3S/c1-17(2)16-34-21-11-8-18(9-12-21)14-22-25(32)30(19-6-4-3-5-7-19)27(35)31(26(22)33)20-10-13-23(28)24(29)15-20/h3-15,17H,16H2,1-2H3/b22-14-. The fraction of sp³-hybridized carbons (Fsp3) is 0.148. The molecule has 3 aromatic carbocycles. The second kappa shape index (κ2) is 10.6. The summed E-state index contributed by atoms with van der Waals surface area (Å²) in [5.41, 5.74) is 1.59. The topological polar surface area (TPSA) is 49.9 Å². The van der Waals surface area contributed by atoms with Crippen molar-refractivity contribution in [1.29, 1.82) is 0 Å². The quantitative estimate of drug-likeness (QED) is 0.202. The van der Waals surface area contributed by atoms with Gasteiger partial charge in [0.05, 0.1) is 28.0 Å². The van der Waals surface area contributed by atoms with Crippen LogP contribution in [0, 0.1) is 5.92 Å². The van der Waals surface area contributed by atoms with E-state index in [1.165, 1.54) is 9.80 Å². The van der Waals surface area contributed by atoms with E-state index in [1.54, 1.807) is 60.7 Å². The zero-order chi connectivity index (χ0) is 25.1. The van der Waals surface area contributed by atoms with E-state index in [-0.39, 0.29) is 15.7 Å². The fourth-order valence-electron chi connectivity index (χ4n) is 3.48. The summed E-state index contributed by atoms with van der Waals surface area (Å²) in [6.07, 6.45) is 1.55. The Bertz CT molecular complexity index is 1310. The summed E-state index contributed by atoms with van der Waals surface area (Å²) in [6, 6.07) is 20.9. The molecule has 1 aliphatic heterocycles. The van der Waals surface area contributed by atoms with Gasteiger partial charge in [-0.1, -0.05) is 67.4 Å². The number of carbonyl (C=O) groups is 2. The number of nitrogens with zero attached hydrogens (tertiary/aromatic N) is 2. The van der Waals surface area contributed by atoms with Gasteiger partial charge >= 0.3 is 0 Å². The largest absolute Gasteiger partial charge is 0.493 e. The lowest BCUT2D eigenvalue weighted by molar-refractivity contribution is -0.120. The lowest BCUT2D eigenvalue weighted by Gasteiger charge is -2.36. The molecule has 0 bridgehead atoms. The van der Waals surface area contributed by atoms with Crippen molar-refractivity contribution in [3.8, 4) is 5.75 Å². The van der Waals surface area contributed by atoms with E-state index in [0.717, 1.165) is 0 Å². The van der Waals surface area contributed by atoms with Crippen molar-refractivity contribution in [2.45, 2.75) is 13.8 Å². The molecule has 35 heavy (non-hydrogen) atoms. The first kappa shape index (κ1) is 24.9. The molecule has 0 aromatic heterocycles. The predicted octanol–water partition coefficient (Wildman–Crippen LogP) is 6.78. The third-order valence-corrected chi connectivity index (χ3v) is 6.30. The van der Waals surface area contributed by atoms with Gasteiger partial charge in [0.1, 0.15) is 11.3 Å². The van der Waals surface area contributed by atoms with E-state index in [4.69, 9.17) is 40.2 Å². The minimum atomic E-state index is -0.550. The number of hydrogen-bond donors (Lipinski definition) is 0. The number of ether oxygens (including phenoxy) is 1. The monoisotopic (exact) mass is 524 g/mol. The maximum Gasteiger partial charge on any atom is 0.270 e. The maximum atomic E-state index is 13.6. The molecule has 0 atom stereocenters. The van der Waals surface area contributed by atoms with Crippen molar-refractivity contribution in [1.82, 2.24) is 0 Å². The van der Waals surface area contributed by atoms with Crippen molar-refractivity contribution in [2.24, 2.45) is 5.92 Å². The maximum absolute atomic E-state index is 13.6. The first-order valence-corrected chi connectivity index (χ1v) is 12.1. The molecule has 1 fully saturated rings. The highest BCUT2D eigenvalue weighted by Crippen LogP contribution is 2.33. The zero-order valence-electron chi connectivity index (χ0n) is 19.1. The molecular weight excluding hydrogens is 503 g/mol. The number of amides is 2. The lowest BCUT2D eigenvalue weighted by Crippen LogP contribution is -2.56. The molecule has 1 aliphatic rings. The first-order chi connectivity index (χ1) is 16.8. The smallest absolute Gasteiger partial charge is 0.270 e. The molecule has 0 unspecified atom stereocenters. The van der Waals surface area contributed by atoms with Gasteiger partial charge in [-0.15, -0.1) is 0 Å². The summed E-state index contributed by atoms with van der Waals surface area (Å²) in [5, 5.41) is 0.641. The molecule has 5 nitrogen and oxygen atoms in total. The van der Waals surface area contributed by atoms with E-state index in [1.807, 2.05) is 18.2 Å². The highest BCUT2D eigenvalue weighted by molar-refractivity contribution is 7.81. The molecule has 178 valence electrons. The van der Waals surface area contributed by atoms with E-state index >= 15 is 0 Å².